The molecule has 0 unspecified atom stereocenters. The first kappa shape index (κ1) is 12.0. The first-order chi connectivity index (χ1) is 9.15. The van der Waals surface area contributed by atoms with Crippen molar-refractivity contribution < 1.29 is 9.18 Å². The van der Waals surface area contributed by atoms with Crippen molar-refractivity contribution in [3.63, 3.8) is 0 Å². The quantitative estimate of drug-likeness (QED) is 0.781. The van der Waals surface area contributed by atoms with Crippen LogP contribution in [-0.4, -0.2) is 10.8 Å². The van der Waals surface area contributed by atoms with E-state index >= 15 is 0 Å². The number of aromatic nitrogens is 1. The molecule has 1 saturated carbocycles. The van der Waals surface area contributed by atoms with Gasteiger partial charge in [0.2, 0.25) is 0 Å². The number of carbonyl (C=O) groups is 1. The molecule has 96 valence electrons. The molecule has 1 aliphatic carbocycles. The fourth-order valence-corrected chi connectivity index (χ4v) is 2.17. The third-order valence-corrected chi connectivity index (χ3v) is 3.39. The lowest BCUT2D eigenvalue weighted by Crippen LogP contribution is -2.04. The first-order valence-corrected chi connectivity index (χ1v) is 6.41. The van der Waals surface area contributed by atoms with Gasteiger partial charge in [0.1, 0.15) is 5.82 Å². The molecule has 0 saturated heterocycles. The van der Waals surface area contributed by atoms with E-state index in [0.717, 1.165) is 29.5 Å². The zero-order valence-corrected chi connectivity index (χ0v) is 10.7. The van der Waals surface area contributed by atoms with Crippen LogP contribution in [0.15, 0.2) is 36.7 Å². The summed E-state index contributed by atoms with van der Waals surface area (Å²) < 4.78 is 14.0. The van der Waals surface area contributed by atoms with Gasteiger partial charge in [0.05, 0.1) is 5.56 Å². The Labute approximate surface area is 111 Å². The standard InChI is InChI=1S/C16H14FNO/c1-10-6-13(9-18-8-10)12-4-5-14(15(17)7-12)16(19)11-2-3-11/h4-9,11H,2-3H2,1H3. The summed E-state index contributed by atoms with van der Waals surface area (Å²) in [6.07, 6.45) is 5.23. The molecular weight excluding hydrogens is 241 g/mol. The highest BCUT2D eigenvalue weighted by Gasteiger charge is 2.31. The SMILES string of the molecule is Cc1cncc(-c2ccc(C(=O)C3CC3)c(F)c2)c1. The number of pyridine rings is 1. The first-order valence-electron chi connectivity index (χ1n) is 6.41. The molecule has 1 aromatic heterocycles. The van der Waals surface area contributed by atoms with Gasteiger partial charge >= 0.3 is 0 Å². The van der Waals surface area contributed by atoms with Gasteiger partial charge in [0, 0.05) is 23.9 Å². The Morgan fingerprint density at radius 1 is 1.21 bits per heavy atom. The number of Topliss-reactive ketones (excluding diaryl/α,β-unsaturated/α-hetero) is 1. The van der Waals surface area contributed by atoms with E-state index in [9.17, 15) is 9.18 Å². The minimum Gasteiger partial charge on any atom is -0.294 e. The van der Waals surface area contributed by atoms with Crippen molar-refractivity contribution in [2.75, 3.05) is 0 Å². The second kappa shape index (κ2) is 4.57. The fourth-order valence-electron chi connectivity index (χ4n) is 2.17. The summed E-state index contributed by atoms with van der Waals surface area (Å²) in [5.74, 6) is -0.455. The minimum atomic E-state index is -0.434. The molecule has 0 bridgehead atoms. The summed E-state index contributed by atoms with van der Waals surface area (Å²) in [5, 5.41) is 0. The normalized spacial score (nSPS) is 14.4. The number of ketones is 1. The van der Waals surface area contributed by atoms with E-state index in [4.69, 9.17) is 0 Å². The molecule has 1 fully saturated rings. The summed E-state index contributed by atoms with van der Waals surface area (Å²) in [5.41, 5.74) is 2.85. The molecule has 19 heavy (non-hydrogen) atoms. The third-order valence-electron chi connectivity index (χ3n) is 3.39. The number of nitrogens with zero attached hydrogens (tertiary/aromatic N) is 1. The number of carbonyl (C=O) groups excluding carboxylic acids is 1. The van der Waals surface area contributed by atoms with Crippen molar-refractivity contribution in [2.24, 2.45) is 5.92 Å². The van der Waals surface area contributed by atoms with Crippen molar-refractivity contribution in [3.8, 4) is 11.1 Å². The second-order valence-electron chi connectivity index (χ2n) is 5.08. The Balaban J connectivity index is 1.97. The van der Waals surface area contributed by atoms with E-state index in [2.05, 4.69) is 4.98 Å². The van der Waals surface area contributed by atoms with Crippen LogP contribution in [0.2, 0.25) is 0 Å². The van der Waals surface area contributed by atoms with Crippen LogP contribution >= 0.6 is 0 Å². The number of rotatable bonds is 3. The number of benzene rings is 1. The van der Waals surface area contributed by atoms with Crippen molar-refractivity contribution in [1.82, 2.24) is 4.98 Å². The lowest BCUT2D eigenvalue weighted by Gasteiger charge is -2.06. The number of hydrogen-bond acceptors (Lipinski definition) is 2. The number of aryl methyl sites for hydroxylation is 1. The van der Waals surface area contributed by atoms with E-state index in [1.165, 1.54) is 6.07 Å². The summed E-state index contributed by atoms with van der Waals surface area (Å²) in [4.78, 5) is 16.0. The Morgan fingerprint density at radius 3 is 2.63 bits per heavy atom. The Morgan fingerprint density at radius 2 is 2.00 bits per heavy atom. The lowest BCUT2D eigenvalue weighted by atomic mass is 10.0. The predicted octanol–water partition coefficient (Wildman–Crippen LogP) is 3.79. The second-order valence-corrected chi connectivity index (χ2v) is 5.08. The molecule has 0 N–H and O–H groups in total. The zero-order chi connectivity index (χ0) is 13.4. The third kappa shape index (κ3) is 2.41. The van der Waals surface area contributed by atoms with Gasteiger partial charge in [-0.3, -0.25) is 9.78 Å². The highest BCUT2D eigenvalue weighted by atomic mass is 19.1. The maximum Gasteiger partial charge on any atom is 0.168 e. The summed E-state index contributed by atoms with van der Waals surface area (Å²) in [7, 11) is 0. The van der Waals surface area contributed by atoms with Gasteiger partial charge in [0.15, 0.2) is 5.78 Å². The molecule has 3 rings (SSSR count). The molecule has 1 heterocycles. The summed E-state index contributed by atoms with van der Waals surface area (Å²) in [6, 6.07) is 6.75. The average molecular weight is 255 g/mol. The van der Waals surface area contributed by atoms with Crippen LogP contribution in [0.25, 0.3) is 11.1 Å². The largest absolute Gasteiger partial charge is 0.294 e. The van der Waals surface area contributed by atoms with Crippen molar-refractivity contribution >= 4 is 5.78 Å². The van der Waals surface area contributed by atoms with E-state index in [0.29, 0.717) is 0 Å². The molecule has 0 aliphatic heterocycles. The molecule has 1 aliphatic rings. The molecule has 0 radical (unpaired) electrons. The summed E-state index contributed by atoms with van der Waals surface area (Å²) >= 11 is 0. The van der Waals surface area contributed by atoms with Crippen LogP contribution < -0.4 is 0 Å². The van der Waals surface area contributed by atoms with Crippen LogP contribution in [0.1, 0.15) is 28.8 Å². The topological polar surface area (TPSA) is 30.0 Å². The van der Waals surface area contributed by atoms with Gasteiger partial charge in [0.25, 0.3) is 0 Å². The maximum absolute atomic E-state index is 14.0. The molecular formula is C16H14FNO. The molecule has 2 nitrogen and oxygen atoms in total. The van der Waals surface area contributed by atoms with Crippen molar-refractivity contribution in [1.29, 1.82) is 0 Å². The minimum absolute atomic E-state index is 0.0426. The Hall–Kier alpha value is -2.03. The van der Waals surface area contributed by atoms with Crippen LogP contribution in [0.5, 0.6) is 0 Å². The van der Waals surface area contributed by atoms with Crippen LogP contribution in [0.4, 0.5) is 4.39 Å². The number of hydrogen-bond donors (Lipinski definition) is 0. The van der Waals surface area contributed by atoms with Gasteiger partial charge in [-0.1, -0.05) is 6.07 Å². The lowest BCUT2D eigenvalue weighted by molar-refractivity contribution is 0.0963. The monoisotopic (exact) mass is 255 g/mol. The van der Waals surface area contributed by atoms with Crippen molar-refractivity contribution in [3.05, 3.63) is 53.6 Å². The average Bonchev–Trinajstić information content (AvgIpc) is 3.22. The highest BCUT2D eigenvalue weighted by molar-refractivity contribution is 5.99. The molecule has 1 aromatic carbocycles. The van der Waals surface area contributed by atoms with E-state index in [1.54, 1.807) is 24.5 Å². The van der Waals surface area contributed by atoms with E-state index in [-0.39, 0.29) is 17.3 Å². The fraction of sp³-hybridized carbons (Fsp3) is 0.250. The smallest absolute Gasteiger partial charge is 0.168 e. The Bertz CT molecular complexity index is 647. The van der Waals surface area contributed by atoms with E-state index in [1.807, 2.05) is 13.0 Å². The molecule has 0 spiro atoms. The van der Waals surface area contributed by atoms with Gasteiger partial charge in [-0.05, 0) is 49.1 Å². The van der Waals surface area contributed by atoms with Crippen LogP contribution in [0.3, 0.4) is 0 Å². The molecule has 3 heteroatoms. The summed E-state index contributed by atoms with van der Waals surface area (Å²) in [6.45, 7) is 1.94. The molecule has 2 aromatic rings. The highest BCUT2D eigenvalue weighted by Crippen LogP contribution is 2.34. The van der Waals surface area contributed by atoms with Gasteiger partial charge in [-0.2, -0.15) is 0 Å². The number of halogens is 1. The van der Waals surface area contributed by atoms with Gasteiger partial charge in [-0.15, -0.1) is 0 Å². The zero-order valence-electron chi connectivity index (χ0n) is 10.7. The Kier molecular flexibility index (Phi) is 2.90. The molecule has 0 amide bonds. The molecule has 0 atom stereocenters. The van der Waals surface area contributed by atoms with Gasteiger partial charge in [-0.25, -0.2) is 4.39 Å². The van der Waals surface area contributed by atoms with Crippen LogP contribution in [0, 0.1) is 18.7 Å². The predicted molar refractivity (Wildman–Crippen MR) is 71.4 cm³/mol. The maximum atomic E-state index is 14.0. The van der Waals surface area contributed by atoms with Gasteiger partial charge < -0.3 is 0 Å². The van der Waals surface area contributed by atoms with Crippen LogP contribution in [-0.2, 0) is 0 Å². The van der Waals surface area contributed by atoms with Crippen molar-refractivity contribution in [2.45, 2.75) is 19.8 Å². The van der Waals surface area contributed by atoms with E-state index < -0.39 is 5.82 Å².